The molecule has 29 heavy (non-hydrogen) atoms. The van der Waals surface area contributed by atoms with Crippen molar-refractivity contribution in [1.82, 2.24) is 14.4 Å². The van der Waals surface area contributed by atoms with E-state index >= 15 is 0 Å². The Hall–Kier alpha value is -3.39. The van der Waals surface area contributed by atoms with E-state index in [-0.39, 0.29) is 17.2 Å². The fraction of sp³-hybridized carbons (Fsp3) is 0.143. The van der Waals surface area contributed by atoms with Gasteiger partial charge in [-0.05, 0) is 24.6 Å². The van der Waals surface area contributed by atoms with Gasteiger partial charge in [0.1, 0.15) is 0 Å². The number of hydrogen-bond donors (Lipinski definition) is 0. The summed E-state index contributed by atoms with van der Waals surface area (Å²) in [5.41, 5.74) is 2.39. The van der Waals surface area contributed by atoms with Crippen LogP contribution in [-0.4, -0.2) is 37.4 Å². The normalized spacial score (nSPS) is 15.7. The van der Waals surface area contributed by atoms with Gasteiger partial charge in [-0.25, -0.2) is 9.67 Å². The highest BCUT2D eigenvalue weighted by molar-refractivity contribution is 8.15. The van der Waals surface area contributed by atoms with Gasteiger partial charge in [0.15, 0.2) is 10.9 Å². The molecule has 1 fully saturated rings. The van der Waals surface area contributed by atoms with Gasteiger partial charge in [-0.1, -0.05) is 60.3 Å². The number of amides is 1. The Kier molecular flexibility index (Phi) is 5.18. The summed E-state index contributed by atoms with van der Waals surface area (Å²) >= 11 is 1.27. The standard InChI is InChI=1S/C21H19N5O2S/c1-15-19(20(28)26(24(15)2)17-11-7-4-8-12-17)23-21-25(18(27)14-29-21)22-13-16-9-5-3-6-10-16/h3-13H,14H2,1-2H3/b22-13-,23-21?. The quantitative estimate of drug-likeness (QED) is 0.626. The van der Waals surface area contributed by atoms with E-state index < -0.39 is 0 Å². The van der Waals surface area contributed by atoms with Crippen LogP contribution in [0.3, 0.4) is 0 Å². The van der Waals surface area contributed by atoms with Crippen LogP contribution in [-0.2, 0) is 11.8 Å². The number of thioether (sulfide) groups is 1. The number of aliphatic imine (C=N–C) groups is 1. The van der Waals surface area contributed by atoms with Gasteiger partial charge in [-0.15, -0.1) is 0 Å². The molecule has 1 amide bonds. The number of aromatic nitrogens is 2. The average molecular weight is 405 g/mol. The maximum atomic E-state index is 13.1. The Balaban J connectivity index is 1.73. The molecule has 0 atom stereocenters. The van der Waals surface area contributed by atoms with Crippen LogP contribution in [0.4, 0.5) is 5.69 Å². The predicted octanol–water partition coefficient (Wildman–Crippen LogP) is 3.08. The molecule has 0 aliphatic carbocycles. The molecule has 1 aromatic heterocycles. The minimum atomic E-state index is -0.240. The van der Waals surface area contributed by atoms with Crippen molar-refractivity contribution in [3.05, 3.63) is 82.3 Å². The largest absolute Gasteiger partial charge is 0.297 e. The van der Waals surface area contributed by atoms with Crippen LogP contribution in [0, 0.1) is 6.92 Å². The molecule has 4 rings (SSSR count). The van der Waals surface area contributed by atoms with Gasteiger partial charge in [0.2, 0.25) is 0 Å². The van der Waals surface area contributed by atoms with E-state index in [0.29, 0.717) is 16.5 Å². The van der Waals surface area contributed by atoms with E-state index in [1.807, 2.05) is 74.6 Å². The van der Waals surface area contributed by atoms with Crippen molar-refractivity contribution in [2.24, 2.45) is 17.1 Å². The lowest BCUT2D eigenvalue weighted by molar-refractivity contribution is -0.124. The van der Waals surface area contributed by atoms with Gasteiger partial charge < -0.3 is 0 Å². The molecular formula is C21H19N5O2S. The Morgan fingerprint density at radius 2 is 1.66 bits per heavy atom. The lowest BCUT2D eigenvalue weighted by Gasteiger charge is -2.08. The molecule has 1 aliphatic heterocycles. The highest BCUT2D eigenvalue weighted by Gasteiger charge is 2.29. The zero-order chi connectivity index (χ0) is 20.4. The molecule has 7 nitrogen and oxygen atoms in total. The number of para-hydroxylation sites is 1. The molecule has 2 heterocycles. The summed E-state index contributed by atoms with van der Waals surface area (Å²) in [5, 5.41) is 5.95. The van der Waals surface area contributed by atoms with Crippen LogP contribution in [0.25, 0.3) is 5.69 Å². The molecule has 0 spiro atoms. The van der Waals surface area contributed by atoms with Gasteiger partial charge in [-0.3, -0.25) is 14.3 Å². The van der Waals surface area contributed by atoms with Crippen molar-refractivity contribution in [3.63, 3.8) is 0 Å². The summed E-state index contributed by atoms with van der Waals surface area (Å²) in [6, 6.07) is 18.9. The van der Waals surface area contributed by atoms with Crippen molar-refractivity contribution < 1.29 is 4.79 Å². The number of nitrogens with zero attached hydrogens (tertiary/aromatic N) is 5. The average Bonchev–Trinajstić information content (AvgIpc) is 3.20. The van der Waals surface area contributed by atoms with Crippen LogP contribution >= 0.6 is 11.8 Å². The number of benzene rings is 2. The monoisotopic (exact) mass is 405 g/mol. The molecular weight excluding hydrogens is 386 g/mol. The molecule has 0 radical (unpaired) electrons. The van der Waals surface area contributed by atoms with E-state index in [0.717, 1.165) is 11.3 Å². The smallest absolute Gasteiger partial charge is 0.283 e. The lowest BCUT2D eigenvalue weighted by Crippen LogP contribution is -2.24. The molecule has 8 heteroatoms. The minimum absolute atomic E-state index is 0.169. The first-order chi connectivity index (χ1) is 14.1. The first-order valence-electron chi connectivity index (χ1n) is 9.04. The van der Waals surface area contributed by atoms with Gasteiger partial charge in [0.25, 0.3) is 11.5 Å². The first kappa shape index (κ1) is 18.9. The van der Waals surface area contributed by atoms with Crippen molar-refractivity contribution >= 4 is 34.7 Å². The summed E-state index contributed by atoms with van der Waals surface area (Å²) < 4.78 is 3.32. The molecule has 1 aliphatic rings. The minimum Gasteiger partial charge on any atom is -0.283 e. The third-order valence-corrected chi connectivity index (χ3v) is 5.51. The second-order valence-electron chi connectivity index (χ2n) is 6.45. The maximum Gasteiger partial charge on any atom is 0.297 e. The molecule has 3 aromatic rings. The molecule has 0 bridgehead atoms. The van der Waals surface area contributed by atoms with Crippen LogP contribution in [0.5, 0.6) is 0 Å². The number of carbonyl (C=O) groups excluding carboxylic acids is 1. The van der Waals surface area contributed by atoms with Crippen molar-refractivity contribution in [1.29, 1.82) is 0 Å². The fourth-order valence-electron chi connectivity index (χ4n) is 2.99. The van der Waals surface area contributed by atoms with Gasteiger partial charge in [0, 0.05) is 7.05 Å². The zero-order valence-electron chi connectivity index (χ0n) is 16.0. The van der Waals surface area contributed by atoms with Crippen molar-refractivity contribution in [2.75, 3.05) is 5.75 Å². The molecule has 146 valence electrons. The molecule has 0 unspecified atom stereocenters. The van der Waals surface area contributed by atoms with Gasteiger partial charge in [-0.2, -0.15) is 10.1 Å². The summed E-state index contributed by atoms with van der Waals surface area (Å²) in [6.45, 7) is 1.83. The predicted molar refractivity (Wildman–Crippen MR) is 116 cm³/mol. The molecule has 0 N–H and O–H groups in total. The maximum absolute atomic E-state index is 13.1. The second kappa shape index (κ2) is 7.92. The Bertz CT molecular complexity index is 1160. The highest BCUT2D eigenvalue weighted by atomic mass is 32.2. The highest BCUT2D eigenvalue weighted by Crippen LogP contribution is 2.25. The molecule has 2 aromatic carbocycles. The lowest BCUT2D eigenvalue weighted by atomic mass is 10.2. The van der Waals surface area contributed by atoms with E-state index in [9.17, 15) is 9.59 Å². The Morgan fingerprint density at radius 1 is 1.00 bits per heavy atom. The number of rotatable bonds is 4. The zero-order valence-corrected chi connectivity index (χ0v) is 16.8. The number of hydrazone groups is 1. The van der Waals surface area contributed by atoms with Crippen LogP contribution < -0.4 is 5.56 Å². The Labute approximate surface area is 172 Å². The first-order valence-corrected chi connectivity index (χ1v) is 10.0. The van der Waals surface area contributed by atoms with Crippen LogP contribution in [0.1, 0.15) is 11.3 Å². The summed E-state index contributed by atoms with van der Waals surface area (Å²) in [4.78, 5) is 29.9. The topological polar surface area (TPSA) is 72.0 Å². The van der Waals surface area contributed by atoms with Crippen molar-refractivity contribution in [3.8, 4) is 5.69 Å². The van der Waals surface area contributed by atoms with E-state index in [1.54, 1.807) is 15.6 Å². The van der Waals surface area contributed by atoms with Crippen LogP contribution in [0.2, 0.25) is 0 Å². The van der Waals surface area contributed by atoms with Crippen molar-refractivity contribution in [2.45, 2.75) is 6.92 Å². The van der Waals surface area contributed by atoms with Gasteiger partial charge >= 0.3 is 0 Å². The fourth-order valence-corrected chi connectivity index (χ4v) is 3.79. The van der Waals surface area contributed by atoms with Crippen LogP contribution in [0.15, 0.2) is 75.6 Å². The SMILES string of the molecule is Cc1c(N=C2SCC(=O)N2/N=C\c2ccccc2)c(=O)n(-c2ccccc2)n1C. The van der Waals surface area contributed by atoms with E-state index in [1.165, 1.54) is 16.8 Å². The third kappa shape index (κ3) is 3.66. The van der Waals surface area contributed by atoms with E-state index in [4.69, 9.17) is 0 Å². The summed E-state index contributed by atoms with van der Waals surface area (Å²) in [5.74, 6) is 0.0712. The summed E-state index contributed by atoms with van der Waals surface area (Å²) in [6.07, 6.45) is 1.61. The Morgan fingerprint density at radius 3 is 2.34 bits per heavy atom. The van der Waals surface area contributed by atoms with E-state index in [2.05, 4.69) is 10.1 Å². The number of amidine groups is 1. The summed E-state index contributed by atoms with van der Waals surface area (Å²) in [7, 11) is 1.81. The third-order valence-electron chi connectivity index (χ3n) is 4.60. The molecule has 1 saturated heterocycles. The number of hydrogen-bond acceptors (Lipinski definition) is 5. The molecule has 0 saturated carbocycles. The number of carbonyl (C=O) groups is 1. The van der Waals surface area contributed by atoms with Gasteiger partial charge in [0.05, 0.1) is 23.3 Å². The second-order valence-corrected chi connectivity index (χ2v) is 7.40.